The largest absolute Gasteiger partial charge is 0.458 e. The van der Waals surface area contributed by atoms with E-state index in [1.54, 1.807) is 12.1 Å². The maximum atomic E-state index is 12.7. The molecule has 194 valence electrons. The Bertz CT molecular complexity index is 1000. The first-order valence-electron chi connectivity index (χ1n) is 12.8. The van der Waals surface area contributed by atoms with Crippen LogP contribution in [0.4, 0.5) is 0 Å². The lowest BCUT2D eigenvalue weighted by Crippen LogP contribution is -2.61. The molecular formula is C27H31BrO8. The third-order valence-corrected chi connectivity index (χ3v) is 8.29. The van der Waals surface area contributed by atoms with Crippen molar-refractivity contribution in [1.29, 1.82) is 0 Å². The van der Waals surface area contributed by atoms with Crippen LogP contribution in [0.5, 0.6) is 0 Å². The summed E-state index contributed by atoms with van der Waals surface area (Å²) in [5.74, 6) is -1.23. The minimum absolute atomic E-state index is 0.0993. The van der Waals surface area contributed by atoms with Gasteiger partial charge in [0.25, 0.3) is 0 Å². The van der Waals surface area contributed by atoms with Gasteiger partial charge >= 0.3 is 5.97 Å². The van der Waals surface area contributed by atoms with E-state index in [9.17, 15) is 9.59 Å². The van der Waals surface area contributed by atoms with E-state index in [2.05, 4.69) is 22.5 Å². The quantitative estimate of drug-likeness (QED) is 0.331. The summed E-state index contributed by atoms with van der Waals surface area (Å²) in [7, 11) is 0. The third kappa shape index (κ3) is 4.59. The molecule has 8 nitrogen and oxygen atoms in total. The zero-order chi connectivity index (χ0) is 24.9. The molecule has 1 aromatic carbocycles. The Hall–Kier alpha value is -1.62. The summed E-state index contributed by atoms with van der Waals surface area (Å²) in [5, 5.41) is 0. The smallest absolute Gasteiger partial charge is 0.338 e. The molecule has 10 atom stereocenters. The van der Waals surface area contributed by atoms with Crippen molar-refractivity contribution in [2.45, 2.75) is 106 Å². The molecule has 9 heteroatoms. The minimum atomic E-state index is -0.867. The Morgan fingerprint density at radius 1 is 1.06 bits per heavy atom. The van der Waals surface area contributed by atoms with Crippen molar-refractivity contribution in [2.75, 3.05) is 0 Å². The Morgan fingerprint density at radius 2 is 1.81 bits per heavy atom. The number of fused-ring (bicyclic) bond motifs is 1. The van der Waals surface area contributed by atoms with E-state index in [1.165, 1.54) is 0 Å². The molecule has 0 N–H and O–H groups in total. The fourth-order valence-corrected chi connectivity index (χ4v) is 6.74. The molecular weight excluding hydrogens is 532 g/mol. The summed E-state index contributed by atoms with van der Waals surface area (Å²) in [5.41, 5.74) is 0.509. The molecule has 0 amide bonds. The number of hydrogen-bond donors (Lipinski definition) is 0. The third-order valence-electron chi connectivity index (χ3n) is 7.97. The second-order valence-corrected chi connectivity index (χ2v) is 11.5. The zero-order valence-corrected chi connectivity index (χ0v) is 21.5. The molecule has 7 rings (SSSR count). The molecule has 6 bridgehead atoms. The Labute approximate surface area is 218 Å². The summed E-state index contributed by atoms with van der Waals surface area (Å²) >= 11 is 3.42. The highest BCUT2D eigenvalue weighted by Gasteiger charge is 2.68. The summed E-state index contributed by atoms with van der Waals surface area (Å²) in [6, 6.07) is 8.96. The van der Waals surface area contributed by atoms with Crippen LogP contribution in [0.25, 0.3) is 0 Å². The molecule has 0 saturated carbocycles. The van der Waals surface area contributed by atoms with Crippen LogP contribution in [0.3, 0.4) is 0 Å². The molecule has 0 aromatic heterocycles. The predicted octanol–water partition coefficient (Wildman–Crippen LogP) is 3.85. The van der Waals surface area contributed by atoms with Gasteiger partial charge in [-0.2, -0.15) is 0 Å². The molecule has 0 aliphatic carbocycles. The highest BCUT2D eigenvalue weighted by Crippen LogP contribution is 2.54. The Kier molecular flexibility index (Phi) is 6.81. The van der Waals surface area contributed by atoms with Gasteiger partial charge in [-0.15, -0.1) is 0 Å². The monoisotopic (exact) mass is 562 g/mol. The second kappa shape index (κ2) is 9.93. The van der Waals surface area contributed by atoms with E-state index in [4.69, 9.17) is 28.4 Å². The number of carbonyl (C=O) groups excluding carboxylic acids is 2. The average molecular weight is 563 g/mol. The maximum absolute atomic E-state index is 12.7. The molecule has 6 fully saturated rings. The summed E-state index contributed by atoms with van der Waals surface area (Å²) in [6.45, 7) is 3.94. The average Bonchev–Trinajstić information content (AvgIpc) is 3.28. The van der Waals surface area contributed by atoms with Crippen molar-refractivity contribution in [3.05, 3.63) is 47.0 Å². The lowest BCUT2D eigenvalue weighted by molar-refractivity contribution is -0.292. The normalized spacial score (nSPS) is 40.8. The van der Waals surface area contributed by atoms with Crippen molar-refractivity contribution in [3.8, 4) is 0 Å². The number of rotatable bonds is 9. The SMILES string of the molecule is C=C(Br)C[C@@H](CC[C@]12C[C@H]3O[C@H]4[C@@H](O1)[C@H]1O[C@@H](CC=O)CC[C@@H]1O[C@H]4[C@H]3O2)OC(=O)c1ccccc1. The molecule has 0 unspecified atom stereocenters. The molecule has 0 radical (unpaired) electrons. The van der Waals surface area contributed by atoms with Gasteiger partial charge in [0.1, 0.15) is 42.9 Å². The number of carbonyl (C=O) groups is 2. The van der Waals surface area contributed by atoms with Crippen molar-refractivity contribution in [2.24, 2.45) is 0 Å². The fourth-order valence-electron chi connectivity index (χ4n) is 6.38. The topological polar surface area (TPSA) is 89.5 Å². The van der Waals surface area contributed by atoms with E-state index in [1.807, 2.05) is 18.2 Å². The molecule has 6 saturated heterocycles. The first-order chi connectivity index (χ1) is 17.4. The van der Waals surface area contributed by atoms with E-state index in [0.29, 0.717) is 37.7 Å². The zero-order valence-electron chi connectivity index (χ0n) is 20.0. The lowest BCUT2D eigenvalue weighted by atomic mass is 9.87. The molecule has 1 aromatic rings. The second-order valence-electron chi connectivity index (χ2n) is 10.4. The van der Waals surface area contributed by atoms with Gasteiger partial charge in [0.15, 0.2) is 5.79 Å². The van der Waals surface area contributed by atoms with Crippen LogP contribution in [0.15, 0.2) is 41.4 Å². The Morgan fingerprint density at radius 3 is 2.58 bits per heavy atom. The molecule has 36 heavy (non-hydrogen) atoms. The van der Waals surface area contributed by atoms with Crippen molar-refractivity contribution in [1.82, 2.24) is 0 Å². The molecule has 6 aliphatic heterocycles. The highest BCUT2D eigenvalue weighted by molar-refractivity contribution is 9.11. The Balaban J connectivity index is 1.18. The molecule has 6 heterocycles. The van der Waals surface area contributed by atoms with E-state index >= 15 is 0 Å². The van der Waals surface area contributed by atoms with Gasteiger partial charge in [-0.05, 0) is 35.9 Å². The lowest BCUT2D eigenvalue weighted by Gasteiger charge is -2.47. The van der Waals surface area contributed by atoms with E-state index in [-0.39, 0.29) is 54.8 Å². The van der Waals surface area contributed by atoms with Gasteiger partial charge in [-0.3, -0.25) is 0 Å². The number of aldehydes is 1. The maximum Gasteiger partial charge on any atom is 0.338 e. The first kappa shape index (κ1) is 24.7. The van der Waals surface area contributed by atoms with Gasteiger partial charge in [0, 0.05) is 25.7 Å². The number of benzene rings is 1. The highest BCUT2D eigenvalue weighted by atomic mass is 79.9. The first-order valence-corrected chi connectivity index (χ1v) is 13.6. The van der Waals surface area contributed by atoms with Crippen LogP contribution < -0.4 is 0 Å². The van der Waals surface area contributed by atoms with Gasteiger partial charge in [0.2, 0.25) is 0 Å². The van der Waals surface area contributed by atoms with Crippen LogP contribution in [0.1, 0.15) is 55.3 Å². The van der Waals surface area contributed by atoms with E-state index in [0.717, 1.165) is 23.6 Å². The van der Waals surface area contributed by atoms with Crippen LogP contribution in [-0.4, -0.2) is 73.0 Å². The number of esters is 1. The van der Waals surface area contributed by atoms with Crippen LogP contribution in [0.2, 0.25) is 0 Å². The molecule has 0 spiro atoms. The number of hydrogen-bond acceptors (Lipinski definition) is 8. The van der Waals surface area contributed by atoms with Crippen LogP contribution in [-0.2, 0) is 33.2 Å². The molecule has 6 aliphatic rings. The van der Waals surface area contributed by atoms with Gasteiger partial charge in [0.05, 0.1) is 23.9 Å². The minimum Gasteiger partial charge on any atom is -0.458 e. The number of halogens is 1. The van der Waals surface area contributed by atoms with Gasteiger partial charge < -0.3 is 33.2 Å². The van der Waals surface area contributed by atoms with Crippen molar-refractivity contribution in [3.63, 3.8) is 0 Å². The summed E-state index contributed by atoms with van der Waals surface area (Å²) in [6.07, 6.45) is 3.01. The summed E-state index contributed by atoms with van der Waals surface area (Å²) in [4.78, 5) is 23.8. The van der Waals surface area contributed by atoms with Crippen LogP contribution >= 0.6 is 15.9 Å². The van der Waals surface area contributed by atoms with Crippen molar-refractivity contribution >= 4 is 28.2 Å². The number of ether oxygens (including phenoxy) is 6. The van der Waals surface area contributed by atoms with Crippen LogP contribution in [0, 0.1) is 0 Å². The van der Waals surface area contributed by atoms with Gasteiger partial charge in [-0.25, -0.2) is 4.79 Å². The summed E-state index contributed by atoms with van der Waals surface area (Å²) < 4.78 is 39.0. The predicted molar refractivity (Wildman–Crippen MR) is 131 cm³/mol. The fraction of sp³-hybridized carbons (Fsp3) is 0.630. The van der Waals surface area contributed by atoms with Gasteiger partial charge in [-0.1, -0.05) is 40.7 Å². The van der Waals surface area contributed by atoms with Crippen molar-refractivity contribution < 1.29 is 38.0 Å². The van der Waals surface area contributed by atoms with E-state index < -0.39 is 11.9 Å². The standard InChI is InChI=1S/C27H31BrO8/c1-15(28)13-18(32-26(30)16-5-3-2-4-6-16)9-11-27-14-20-22(35-27)23-24(34-20)25(36-27)21-19(33-23)8-7-17(31-21)10-12-29/h2-6,12,17-25H,1,7-11,13-14H2/t17-,18-,19+,20-,21+,22+,23+,24-,25+,27-/m1/s1.